The van der Waals surface area contributed by atoms with Crippen molar-refractivity contribution >= 4 is 5.97 Å². The van der Waals surface area contributed by atoms with E-state index >= 15 is 0 Å². The Kier molecular flexibility index (Phi) is 5.25. The van der Waals surface area contributed by atoms with Crippen molar-refractivity contribution in [3.05, 3.63) is 17.5 Å². The predicted molar refractivity (Wildman–Crippen MR) is 91.1 cm³/mol. The molecule has 0 aromatic carbocycles. The molecular weight excluding hydrogens is 306 g/mol. The summed E-state index contributed by atoms with van der Waals surface area (Å²) in [7, 11) is 0. The Morgan fingerprint density at radius 2 is 2.04 bits per heavy atom. The molecule has 3 heterocycles. The van der Waals surface area contributed by atoms with Crippen LogP contribution in [0.4, 0.5) is 0 Å². The molecule has 1 atom stereocenters. The molecule has 0 unspecified atom stereocenters. The Bertz CT molecular complexity index is 565. The van der Waals surface area contributed by atoms with Crippen molar-refractivity contribution < 1.29 is 14.3 Å². The van der Waals surface area contributed by atoms with Gasteiger partial charge in [-0.1, -0.05) is 0 Å². The van der Waals surface area contributed by atoms with Crippen LogP contribution < -0.4 is 5.32 Å². The second-order valence-electron chi connectivity index (χ2n) is 7.76. The fourth-order valence-corrected chi connectivity index (χ4v) is 3.39. The van der Waals surface area contributed by atoms with Crippen LogP contribution in [-0.2, 0) is 9.47 Å². The van der Waals surface area contributed by atoms with Gasteiger partial charge in [0.15, 0.2) is 0 Å². The first kappa shape index (κ1) is 17.4. The van der Waals surface area contributed by atoms with Crippen molar-refractivity contribution in [2.24, 2.45) is 0 Å². The van der Waals surface area contributed by atoms with E-state index in [1.165, 1.54) is 12.8 Å². The van der Waals surface area contributed by atoms with Gasteiger partial charge in [-0.3, -0.25) is 10.00 Å². The maximum atomic E-state index is 12.7. The molecule has 1 aromatic heterocycles. The van der Waals surface area contributed by atoms with E-state index in [9.17, 15) is 4.79 Å². The Morgan fingerprint density at radius 3 is 2.67 bits per heavy atom. The number of piperidine rings is 1. The van der Waals surface area contributed by atoms with Crippen molar-refractivity contribution in [2.45, 2.75) is 70.6 Å². The summed E-state index contributed by atoms with van der Waals surface area (Å²) in [6, 6.07) is 0. The SMILES string of the molecule is CC(C)(C)OC(=O)c1cn([C@@H]2CCCCN2)nc1C1CCOCC1. The number of nitrogens with zero attached hydrogens (tertiary/aromatic N) is 2. The fraction of sp³-hybridized carbons (Fsp3) is 0.778. The van der Waals surface area contributed by atoms with Crippen LogP contribution in [0.15, 0.2) is 6.20 Å². The van der Waals surface area contributed by atoms with E-state index in [1.807, 2.05) is 31.6 Å². The van der Waals surface area contributed by atoms with Gasteiger partial charge in [0, 0.05) is 25.3 Å². The Hall–Kier alpha value is -1.40. The van der Waals surface area contributed by atoms with E-state index in [2.05, 4.69) is 5.32 Å². The molecule has 1 aromatic rings. The first-order valence-electron chi connectivity index (χ1n) is 9.07. The van der Waals surface area contributed by atoms with Crippen molar-refractivity contribution in [1.82, 2.24) is 15.1 Å². The summed E-state index contributed by atoms with van der Waals surface area (Å²) in [6.45, 7) is 8.14. The first-order chi connectivity index (χ1) is 11.4. The third-order valence-corrected chi connectivity index (χ3v) is 4.59. The maximum Gasteiger partial charge on any atom is 0.342 e. The van der Waals surface area contributed by atoms with Crippen molar-refractivity contribution in [3.8, 4) is 0 Å². The summed E-state index contributed by atoms with van der Waals surface area (Å²) in [5.41, 5.74) is 0.985. The van der Waals surface area contributed by atoms with Crippen LogP contribution in [0, 0.1) is 0 Å². The zero-order chi connectivity index (χ0) is 17.2. The van der Waals surface area contributed by atoms with E-state index in [0.717, 1.165) is 44.7 Å². The Balaban J connectivity index is 1.88. The molecular formula is C18H29N3O3. The smallest absolute Gasteiger partial charge is 0.342 e. The van der Waals surface area contributed by atoms with Gasteiger partial charge in [0.05, 0.1) is 5.69 Å². The number of carbonyl (C=O) groups is 1. The number of hydrogen-bond donors (Lipinski definition) is 1. The molecule has 0 radical (unpaired) electrons. The van der Waals surface area contributed by atoms with Crippen LogP contribution in [0.25, 0.3) is 0 Å². The molecule has 0 aliphatic carbocycles. The highest BCUT2D eigenvalue weighted by Gasteiger charge is 2.30. The van der Waals surface area contributed by atoms with E-state index in [0.29, 0.717) is 5.56 Å². The molecule has 2 aliphatic rings. The molecule has 6 heteroatoms. The van der Waals surface area contributed by atoms with Crippen LogP contribution in [0.2, 0.25) is 0 Å². The average molecular weight is 335 g/mol. The summed E-state index contributed by atoms with van der Waals surface area (Å²) >= 11 is 0. The molecule has 134 valence electrons. The highest BCUT2D eigenvalue weighted by molar-refractivity contribution is 5.91. The quantitative estimate of drug-likeness (QED) is 0.860. The summed E-state index contributed by atoms with van der Waals surface area (Å²) in [6.07, 6.45) is 7.30. The van der Waals surface area contributed by atoms with E-state index in [1.54, 1.807) is 0 Å². The van der Waals surface area contributed by atoms with Gasteiger partial charge >= 0.3 is 5.97 Å². The molecule has 2 saturated heterocycles. The molecule has 1 N–H and O–H groups in total. The number of rotatable bonds is 3. The fourth-order valence-electron chi connectivity index (χ4n) is 3.39. The molecule has 0 saturated carbocycles. The van der Waals surface area contributed by atoms with E-state index < -0.39 is 5.60 Å². The Labute approximate surface area is 143 Å². The van der Waals surface area contributed by atoms with Crippen molar-refractivity contribution in [3.63, 3.8) is 0 Å². The van der Waals surface area contributed by atoms with Gasteiger partial charge in [0.2, 0.25) is 0 Å². The van der Waals surface area contributed by atoms with Gasteiger partial charge in [-0.05, 0) is 59.4 Å². The van der Waals surface area contributed by atoms with Crippen LogP contribution in [0.1, 0.15) is 81.0 Å². The highest BCUT2D eigenvalue weighted by Crippen LogP contribution is 2.31. The topological polar surface area (TPSA) is 65.4 Å². The third kappa shape index (κ3) is 4.16. The van der Waals surface area contributed by atoms with E-state index in [4.69, 9.17) is 14.6 Å². The minimum atomic E-state index is -0.505. The third-order valence-electron chi connectivity index (χ3n) is 4.59. The second-order valence-corrected chi connectivity index (χ2v) is 7.76. The number of ether oxygens (including phenoxy) is 2. The van der Waals surface area contributed by atoms with Gasteiger partial charge in [0.25, 0.3) is 0 Å². The van der Waals surface area contributed by atoms with Crippen molar-refractivity contribution in [2.75, 3.05) is 19.8 Å². The molecule has 3 rings (SSSR count). The second kappa shape index (κ2) is 7.23. The number of nitrogens with one attached hydrogen (secondary N) is 1. The van der Waals surface area contributed by atoms with Gasteiger partial charge < -0.3 is 9.47 Å². The monoisotopic (exact) mass is 335 g/mol. The lowest BCUT2D eigenvalue weighted by Crippen LogP contribution is -2.31. The number of hydrogen-bond acceptors (Lipinski definition) is 5. The predicted octanol–water partition coefficient (Wildman–Crippen LogP) is 3.00. The summed E-state index contributed by atoms with van der Waals surface area (Å²) < 4.78 is 13.0. The molecule has 24 heavy (non-hydrogen) atoms. The number of esters is 1. The molecule has 0 amide bonds. The number of carbonyl (C=O) groups excluding carboxylic acids is 1. The minimum absolute atomic E-state index is 0.175. The summed E-state index contributed by atoms with van der Waals surface area (Å²) in [4.78, 5) is 12.7. The molecule has 2 aliphatic heterocycles. The lowest BCUT2D eigenvalue weighted by Gasteiger charge is -2.24. The lowest BCUT2D eigenvalue weighted by molar-refractivity contribution is 0.00658. The molecule has 6 nitrogen and oxygen atoms in total. The molecule has 0 bridgehead atoms. The summed E-state index contributed by atoms with van der Waals surface area (Å²) in [5.74, 6) is -0.00263. The average Bonchev–Trinajstić information content (AvgIpc) is 3.00. The summed E-state index contributed by atoms with van der Waals surface area (Å²) in [5, 5.41) is 8.30. The first-order valence-corrected chi connectivity index (χ1v) is 9.07. The van der Waals surface area contributed by atoms with Crippen LogP contribution in [0.3, 0.4) is 0 Å². The zero-order valence-corrected chi connectivity index (χ0v) is 15.0. The highest BCUT2D eigenvalue weighted by atomic mass is 16.6. The van der Waals surface area contributed by atoms with Crippen LogP contribution in [0.5, 0.6) is 0 Å². The van der Waals surface area contributed by atoms with Gasteiger partial charge in [-0.15, -0.1) is 0 Å². The molecule has 0 spiro atoms. The number of aromatic nitrogens is 2. The zero-order valence-electron chi connectivity index (χ0n) is 15.0. The van der Waals surface area contributed by atoms with Gasteiger partial charge in [-0.25, -0.2) is 4.79 Å². The van der Waals surface area contributed by atoms with Crippen LogP contribution in [-0.4, -0.2) is 41.1 Å². The van der Waals surface area contributed by atoms with Crippen molar-refractivity contribution in [1.29, 1.82) is 0 Å². The van der Waals surface area contributed by atoms with Gasteiger partial charge in [-0.2, -0.15) is 5.10 Å². The molecule has 2 fully saturated rings. The largest absolute Gasteiger partial charge is 0.456 e. The standard InChI is InChI=1S/C18H29N3O3/c1-18(2,3)24-17(22)14-12-21(15-6-4-5-9-19-15)20-16(14)13-7-10-23-11-8-13/h12-13,15,19H,4-11H2,1-3H3/t15-/m1/s1. The van der Waals surface area contributed by atoms with E-state index in [-0.39, 0.29) is 18.1 Å². The van der Waals surface area contributed by atoms with Gasteiger partial charge in [0.1, 0.15) is 17.3 Å². The lowest BCUT2D eigenvalue weighted by atomic mass is 9.94. The normalized spacial score (nSPS) is 23.2. The van der Waals surface area contributed by atoms with Crippen LogP contribution >= 0.6 is 0 Å². The minimum Gasteiger partial charge on any atom is -0.456 e. The Morgan fingerprint density at radius 1 is 1.29 bits per heavy atom. The maximum absolute atomic E-state index is 12.7.